The van der Waals surface area contributed by atoms with Crippen LogP contribution < -0.4 is 35.2 Å². The molecule has 0 N–H and O–H groups in total. The summed E-state index contributed by atoms with van der Waals surface area (Å²) in [5, 5.41) is 5.46. The van der Waals surface area contributed by atoms with Gasteiger partial charge in [0.05, 0.1) is 16.4 Å². The Morgan fingerprint density at radius 3 is 0.696 bits per heavy atom. The molecular formula is C96H68Ge2N4. The summed E-state index contributed by atoms with van der Waals surface area (Å²) in [7, 11) is 0. The van der Waals surface area contributed by atoms with Gasteiger partial charge in [0, 0.05) is 0 Å². The van der Waals surface area contributed by atoms with E-state index in [2.05, 4.69) is 294 Å². The van der Waals surface area contributed by atoms with Gasteiger partial charge in [-0.05, 0) is 0 Å². The van der Waals surface area contributed by atoms with Crippen LogP contribution in [0.15, 0.2) is 412 Å². The predicted molar refractivity (Wildman–Crippen MR) is 437 cm³/mol. The second-order valence-corrected chi connectivity index (χ2v) is 41.7. The summed E-state index contributed by atoms with van der Waals surface area (Å²) in [6.07, 6.45) is 0. The van der Waals surface area contributed by atoms with Gasteiger partial charge in [0.2, 0.25) is 0 Å². The molecule has 0 bridgehead atoms. The maximum atomic E-state index is 9.01. The van der Waals surface area contributed by atoms with Crippen molar-refractivity contribution in [2.45, 2.75) is 0 Å². The Morgan fingerprint density at radius 1 is 0.167 bits per heavy atom. The summed E-state index contributed by atoms with van der Waals surface area (Å²) in [6, 6.07) is 117. The first-order chi connectivity index (χ1) is 55.6. The van der Waals surface area contributed by atoms with E-state index in [0.29, 0.717) is 16.6 Å². The summed E-state index contributed by atoms with van der Waals surface area (Å²) in [4.78, 5) is 0. The number of benzene rings is 16. The van der Waals surface area contributed by atoms with Crippen LogP contribution in [-0.2, 0) is 0 Å². The van der Waals surface area contributed by atoms with Gasteiger partial charge in [-0.2, -0.15) is 0 Å². The van der Waals surface area contributed by atoms with Gasteiger partial charge in [0.25, 0.3) is 0 Å². The fraction of sp³-hybridized carbons (Fsp3) is 0. The molecule has 16 aromatic carbocycles. The van der Waals surface area contributed by atoms with Crippen LogP contribution in [0.25, 0.3) is 110 Å². The van der Waals surface area contributed by atoms with Crippen LogP contribution in [0, 0.1) is 0 Å². The van der Waals surface area contributed by atoms with Gasteiger partial charge < -0.3 is 0 Å². The number of hydrogen-bond donors (Lipinski definition) is 0. The minimum atomic E-state index is -3.50. The van der Waals surface area contributed by atoms with E-state index in [1.54, 1.807) is 4.57 Å². The zero-order valence-corrected chi connectivity index (χ0v) is 59.3. The predicted octanol–water partition coefficient (Wildman–Crippen LogP) is 18.5. The Bertz CT molecular complexity index is 6950. The summed E-state index contributed by atoms with van der Waals surface area (Å²) >= 11 is -6.93. The van der Waals surface area contributed by atoms with E-state index < -0.39 is 50.7 Å². The average Bonchev–Trinajstić information content (AvgIpc) is 1.56. The standard InChI is InChI=1S/2C48H34GeN2/c2*1-4-16-35(17-5-1)49(36-18-6-2-7-19-36,37-20-8-3-9-21-37)38-28-30-39(31-29-38)50-47-27-15-12-24-43(47)44-34-40(32-33-48(44)50)51-45-25-13-10-22-41(45)42-23-11-14-26-46(42)51/h2*1-34H/i10D,11D,13D,14D,22D,23D,25D,26D;10D,13D,22D,25D. The Kier molecular flexibility index (Phi) is 12.3. The molecule has 4 nitrogen and oxygen atoms in total. The third-order valence-electron chi connectivity index (χ3n) is 20.5. The fourth-order valence-electron chi connectivity index (χ4n) is 16.2. The molecule has 20 rings (SSSR count). The number of rotatable bonds is 12. The van der Waals surface area contributed by atoms with Crippen LogP contribution in [-0.4, -0.2) is 44.8 Å². The molecule has 0 aliphatic heterocycles. The van der Waals surface area contributed by atoms with Gasteiger partial charge in [-0.3, -0.25) is 0 Å². The zero-order valence-electron chi connectivity index (χ0n) is 67.1. The monoisotopic (exact) mass is 1440 g/mol. The molecule has 0 aliphatic carbocycles. The van der Waals surface area contributed by atoms with Crippen molar-refractivity contribution >= 4 is 149 Å². The number of para-hydroxylation sites is 6. The summed E-state index contributed by atoms with van der Waals surface area (Å²) in [5.74, 6) is 0. The Hall–Kier alpha value is -12.2. The third kappa shape index (κ3) is 9.80. The molecule has 0 unspecified atom stereocenters. The van der Waals surface area contributed by atoms with Crippen LogP contribution in [0.3, 0.4) is 0 Å². The first-order valence-corrected chi connectivity index (χ1v) is 42.6. The van der Waals surface area contributed by atoms with Crippen LogP contribution in [0.5, 0.6) is 0 Å². The van der Waals surface area contributed by atoms with E-state index in [0.717, 1.165) is 71.6 Å². The van der Waals surface area contributed by atoms with E-state index in [-0.39, 0.29) is 70.1 Å². The average molecular weight is 1430 g/mol. The molecule has 0 saturated heterocycles. The second-order valence-electron chi connectivity index (χ2n) is 25.8. The van der Waals surface area contributed by atoms with Crippen LogP contribution in [0.4, 0.5) is 0 Å². The SMILES string of the molecule is [2H]c1c([2H])c([2H])c2c(c1[2H])c1c([2H])c([2H])c([2H])c([2H])c1n2-c1ccc2c(c1)c1ccccc1n2-c1cc[c]([Ge]([c]2ccccc2)([c]2ccccc2)[c]2ccccc2)cc1.[2H]c1c([2H])c([2H])c2c(c1[2H])c1ccccc1n2-c1ccc2c(c1)c1ccccc1n2-c1cc[c]([Ge]([c]2ccccc2)([c]2ccccc2)[c]2ccccc2)cc1. The maximum absolute atomic E-state index is 9.01. The summed E-state index contributed by atoms with van der Waals surface area (Å²) in [6.45, 7) is 0. The van der Waals surface area contributed by atoms with Crippen molar-refractivity contribution in [3.8, 4) is 22.7 Å². The van der Waals surface area contributed by atoms with Crippen LogP contribution >= 0.6 is 0 Å². The molecule has 4 aromatic heterocycles. The van der Waals surface area contributed by atoms with Gasteiger partial charge in [-0.25, -0.2) is 0 Å². The second kappa shape index (κ2) is 25.5. The van der Waals surface area contributed by atoms with E-state index in [4.69, 9.17) is 16.4 Å². The van der Waals surface area contributed by atoms with Crippen molar-refractivity contribution in [3.63, 3.8) is 0 Å². The van der Waals surface area contributed by atoms with Gasteiger partial charge in [-0.1, -0.05) is 72.6 Å². The fourth-order valence-corrected chi connectivity index (χ4v) is 36.1. The zero-order chi connectivity index (χ0) is 78.0. The number of hydrogen-bond acceptors (Lipinski definition) is 0. The minimum absolute atomic E-state index is 0.0213. The molecule has 480 valence electrons. The van der Waals surface area contributed by atoms with Crippen molar-refractivity contribution in [1.29, 1.82) is 0 Å². The molecule has 102 heavy (non-hydrogen) atoms. The molecular weight excluding hydrogens is 1350 g/mol. The third-order valence-corrected chi connectivity index (χ3v) is 40.7. The number of fused-ring (bicyclic) bond motifs is 12. The first kappa shape index (κ1) is 49.3. The molecule has 0 aliphatic rings. The Labute approximate surface area is 614 Å². The van der Waals surface area contributed by atoms with E-state index in [9.17, 15) is 0 Å². The van der Waals surface area contributed by atoms with Crippen molar-refractivity contribution in [1.82, 2.24) is 18.3 Å². The summed E-state index contributed by atoms with van der Waals surface area (Å²) in [5.41, 5.74) is 8.94. The molecule has 6 heteroatoms. The molecule has 0 radical (unpaired) electrons. The topological polar surface area (TPSA) is 19.7 Å². The molecule has 0 saturated carbocycles. The Balaban J connectivity index is 0.000000153. The normalized spacial score (nSPS) is 13.6. The molecule has 0 fully saturated rings. The van der Waals surface area contributed by atoms with Gasteiger partial charge >= 0.3 is 530 Å². The Morgan fingerprint density at radius 2 is 0.382 bits per heavy atom. The molecule has 0 spiro atoms. The molecule has 4 heterocycles. The number of nitrogens with zero attached hydrogens (tertiary/aromatic N) is 4. The summed E-state index contributed by atoms with van der Waals surface area (Å²) < 4.78 is 123. The first-order valence-electron chi connectivity index (χ1n) is 40.2. The van der Waals surface area contributed by atoms with Gasteiger partial charge in [0.1, 0.15) is 0 Å². The molecule has 0 amide bonds. The molecule has 20 aromatic rings. The molecule has 0 atom stereocenters. The van der Waals surface area contributed by atoms with Crippen molar-refractivity contribution in [2.24, 2.45) is 0 Å². The van der Waals surface area contributed by atoms with Crippen molar-refractivity contribution < 1.29 is 16.4 Å². The van der Waals surface area contributed by atoms with E-state index >= 15 is 0 Å². The van der Waals surface area contributed by atoms with Crippen LogP contribution in [0.2, 0.25) is 0 Å². The number of aromatic nitrogens is 4. The van der Waals surface area contributed by atoms with Crippen molar-refractivity contribution in [3.05, 3.63) is 412 Å². The van der Waals surface area contributed by atoms with Gasteiger partial charge in [-0.15, -0.1) is 0 Å². The van der Waals surface area contributed by atoms with Crippen LogP contribution in [0.1, 0.15) is 16.4 Å². The van der Waals surface area contributed by atoms with Gasteiger partial charge in [0.15, 0.2) is 0 Å². The quantitative estimate of drug-likeness (QED) is 0.109. The van der Waals surface area contributed by atoms with E-state index in [1.165, 1.54) is 35.2 Å². The van der Waals surface area contributed by atoms with E-state index in [1.807, 2.05) is 59.2 Å². The van der Waals surface area contributed by atoms with Crippen molar-refractivity contribution in [2.75, 3.05) is 0 Å².